The summed E-state index contributed by atoms with van der Waals surface area (Å²) in [4.78, 5) is 16.1. The number of carbonyl (C=O) groups excluding carboxylic acids is 1. The van der Waals surface area contributed by atoms with Crippen LogP contribution in [0.5, 0.6) is 0 Å². The van der Waals surface area contributed by atoms with Crippen LogP contribution in [-0.2, 0) is 15.6 Å². The fourth-order valence-electron chi connectivity index (χ4n) is 4.96. The third-order valence-electron chi connectivity index (χ3n) is 7.08. The zero-order chi connectivity index (χ0) is 25.1. The van der Waals surface area contributed by atoms with Gasteiger partial charge in [-0.2, -0.15) is 13.2 Å². The van der Waals surface area contributed by atoms with Crippen LogP contribution in [0.4, 0.5) is 13.2 Å². The highest BCUT2D eigenvalue weighted by atomic mass is 32.1. The van der Waals surface area contributed by atoms with Gasteiger partial charge in [0.05, 0.1) is 17.3 Å². The van der Waals surface area contributed by atoms with Gasteiger partial charge in [-0.3, -0.25) is 4.79 Å². The number of aldehydes is 1. The lowest BCUT2D eigenvalue weighted by Gasteiger charge is -2.42. The maximum absolute atomic E-state index is 10.4. The van der Waals surface area contributed by atoms with Gasteiger partial charge in [-0.15, -0.1) is 11.3 Å². The second-order valence-electron chi connectivity index (χ2n) is 10.6. The molecule has 0 amide bonds. The number of aromatic nitrogens is 1. The van der Waals surface area contributed by atoms with Gasteiger partial charge in [0.2, 0.25) is 6.29 Å². The molecule has 34 heavy (non-hydrogen) atoms. The van der Waals surface area contributed by atoms with Crippen molar-refractivity contribution in [1.82, 2.24) is 9.88 Å². The van der Waals surface area contributed by atoms with Crippen molar-refractivity contribution in [1.29, 1.82) is 0 Å². The number of carbonyl (C=O) groups is 1. The molecule has 0 bridgehead atoms. The molecule has 4 nitrogen and oxygen atoms in total. The molecule has 1 aromatic carbocycles. The SMILES string of the molecule is CC1(C)CCC(C)(C)c2cc(-c3csc(C4CCCN(CCO)C4)n3)ccc21.O=CC(F)(F)F. The van der Waals surface area contributed by atoms with Crippen molar-refractivity contribution in [2.75, 3.05) is 26.2 Å². The van der Waals surface area contributed by atoms with Gasteiger partial charge in [0.15, 0.2) is 0 Å². The smallest absolute Gasteiger partial charge is 0.395 e. The Balaban J connectivity index is 0.000000481. The van der Waals surface area contributed by atoms with Crippen molar-refractivity contribution in [3.8, 4) is 11.3 Å². The molecule has 2 aliphatic rings. The number of likely N-dealkylation sites (tertiary alicyclic amines) is 1. The molecular weight excluding hydrogens is 461 g/mol. The van der Waals surface area contributed by atoms with Crippen molar-refractivity contribution >= 4 is 17.6 Å². The predicted octanol–water partition coefficient (Wildman–Crippen LogP) is 6.08. The van der Waals surface area contributed by atoms with E-state index < -0.39 is 12.5 Å². The van der Waals surface area contributed by atoms with Crippen LogP contribution in [0.1, 0.15) is 75.4 Å². The molecule has 0 spiro atoms. The molecule has 1 aliphatic carbocycles. The normalized spacial score (nSPS) is 21.8. The first-order chi connectivity index (χ1) is 15.9. The molecule has 2 heterocycles. The minimum Gasteiger partial charge on any atom is -0.395 e. The average molecular weight is 497 g/mol. The van der Waals surface area contributed by atoms with E-state index >= 15 is 0 Å². The highest BCUT2D eigenvalue weighted by Crippen LogP contribution is 2.47. The minimum atomic E-state index is -4.64. The Labute approximate surface area is 204 Å². The maximum Gasteiger partial charge on any atom is 0.446 e. The predicted molar refractivity (Wildman–Crippen MR) is 130 cm³/mol. The highest BCUT2D eigenvalue weighted by molar-refractivity contribution is 7.10. The quantitative estimate of drug-likeness (QED) is 0.522. The summed E-state index contributed by atoms with van der Waals surface area (Å²) >= 11 is 1.81. The van der Waals surface area contributed by atoms with Gasteiger partial charge in [0, 0.05) is 30.0 Å². The fraction of sp³-hybridized carbons (Fsp3) is 0.615. The van der Waals surface area contributed by atoms with Gasteiger partial charge >= 0.3 is 6.18 Å². The molecule has 0 radical (unpaired) electrons. The molecule has 8 heteroatoms. The van der Waals surface area contributed by atoms with E-state index in [0.29, 0.717) is 5.92 Å². The number of nitrogens with zero attached hydrogens (tertiary/aromatic N) is 2. The van der Waals surface area contributed by atoms with E-state index in [-0.39, 0.29) is 17.4 Å². The number of alkyl halides is 3. The standard InChI is InChI=1S/C24H34N2OS.C2HF3O/c1-23(2)9-10-24(3,4)20-14-17(7-8-19(20)23)21-16-28-22(25-21)18-6-5-11-26(15-18)12-13-27;3-2(4,5)1-6/h7-8,14,16,18,27H,5-6,9-13,15H2,1-4H3;1H. The molecule has 1 saturated heterocycles. The van der Waals surface area contributed by atoms with Crippen molar-refractivity contribution in [2.24, 2.45) is 0 Å². The van der Waals surface area contributed by atoms with Crippen molar-refractivity contribution in [2.45, 2.75) is 76.3 Å². The number of fused-ring (bicyclic) bond motifs is 1. The number of rotatable bonds is 4. The van der Waals surface area contributed by atoms with Crippen LogP contribution in [0.2, 0.25) is 0 Å². The van der Waals surface area contributed by atoms with E-state index in [4.69, 9.17) is 9.78 Å². The lowest BCUT2D eigenvalue weighted by molar-refractivity contribution is -0.156. The number of halogens is 3. The van der Waals surface area contributed by atoms with E-state index in [1.807, 2.05) is 11.3 Å². The average Bonchev–Trinajstić information content (AvgIpc) is 3.28. The Morgan fingerprint density at radius 2 is 1.82 bits per heavy atom. The van der Waals surface area contributed by atoms with Gasteiger partial charge in [-0.1, -0.05) is 39.8 Å². The lowest BCUT2D eigenvalue weighted by atomic mass is 9.63. The van der Waals surface area contributed by atoms with Gasteiger partial charge in [0.1, 0.15) is 0 Å². The van der Waals surface area contributed by atoms with Crippen LogP contribution in [0.25, 0.3) is 11.3 Å². The van der Waals surface area contributed by atoms with Gasteiger partial charge in [-0.25, -0.2) is 4.98 Å². The Kier molecular flexibility index (Phi) is 8.26. The molecule has 1 aliphatic heterocycles. The topological polar surface area (TPSA) is 53.4 Å². The largest absolute Gasteiger partial charge is 0.446 e. The van der Waals surface area contributed by atoms with Gasteiger partial charge in [-0.05, 0) is 60.3 Å². The van der Waals surface area contributed by atoms with Crippen LogP contribution in [0.15, 0.2) is 23.6 Å². The minimum absolute atomic E-state index is 0.230. The second kappa shape index (κ2) is 10.5. The highest BCUT2D eigenvalue weighted by Gasteiger charge is 2.37. The zero-order valence-corrected chi connectivity index (χ0v) is 21.2. The second-order valence-corrected chi connectivity index (χ2v) is 11.5. The number of aliphatic hydroxyl groups excluding tert-OH is 1. The van der Waals surface area contributed by atoms with E-state index in [1.54, 1.807) is 0 Å². The number of hydrogen-bond acceptors (Lipinski definition) is 5. The Hall–Kier alpha value is -1.77. The summed E-state index contributed by atoms with van der Waals surface area (Å²) in [7, 11) is 0. The molecule has 1 fully saturated rings. The summed E-state index contributed by atoms with van der Waals surface area (Å²) in [5.41, 5.74) is 5.89. The third kappa shape index (κ3) is 6.46. The van der Waals surface area contributed by atoms with E-state index in [2.05, 4.69) is 56.2 Å². The number of aliphatic hydroxyl groups is 1. The number of hydrogen-bond donors (Lipinski definition) is 1. The summed E-state index contributed by atoms with van der Waals surface area (Å²) in [6.45, 7) is 12.7. The van der Waals surface area contributed by atoms with Crippen molar-refractivity contribution in [3.63, 3.8) is 0 Å². The molecule has 2 aromatic rings. The number of piperidine rings is 1. The Bertz CT molecular complexity index is 983. The van der Waals surface area contributed by atoms with Crippen LogP contribution >= 0.6 is 11.3 Å². The summed E-state index contributed by atoms with van der Waals surface area (Å²) in [6.07, 6.45) is -0.810. The van der Waals surface area contributed by atoms with Gasteiger partial charge in [0.25, 0.3) is 0 Å². The molecule has 188 valence electrons. The molecule has 1 unspecified atom stereocenters. The number of benzene rings is 1. The monoisotopic (exact) mass is 496 g/mol. The molecular formula is C26H35F3N2O2S. The first-order valence-electron chi connectivity index (χ1n) is 11.8. The number of thiazole rings is 1. The Morgan fingerprint density at radius 1 is 1.18 bits per heavy atom. The summed E-state index contributed by atoms with van der Waals surface area (Å²) < 4.78 is 31.2. The van der Waals surface area contributed by atoms with E-state index in [1.165, 1.54) is 47.4 Å². The van der Waals surface area contributed by atoms with E-state index in [9.17, 15) is 18.3 Å². The Morgan fingerprint density at radius 3 is 2.44 bits per heavy atom. The first-order valence-corrected chi connectivity index (χ1v) is 12.7. The molecule has 1 aromatic heterocycles. The third-order valence-corrected chi connectivity index (χ3v) is 8.08. The molecule has 4 rings (SSSR count). The van der Waals surface area contributed by atoms with Gasteiger partial charge < -0.3 is 10.0 Å². The lowest BCUT2D eigenvalue weighted by Crippen LogP contribution is -2.36. The van der Waals surface area contributed by atoms with Crippen molar-refractivity contribution in [3.05, 3.63) is 39.7 Å². The molecule has 1 atom stereocenters. The summed E-state index contributed by atoms with van der Waals surface area (Å²) in [5.74, 6) is 0.507. The van der Waals surface area contributed by atoms with Crippen molar-refractivity contribution < 1.29 is 23.1 Å². The van der Waals surface area contributed by atoms with Crippen LogP contribution in [0, 0.1) is 0 Å². The number of β-amino-alcohol motifs (C(OH)–C–C–N with tert-alkyl or cyclic N) is 1. The zero-order valence-electron chi connectivity index (χ0n) is 20.4. The maximum atomic E-state index is 10.4. The van der Waals surface area contributed by atoms with Crippen LogP contribution in [0.3, 0.4) is 0 Å². The fourth-order valence-corrected chi connectivity index (χ4v) is 5.91. The first kappa shape index (κ1) is 26.8. The molecule has 0 saturated carbocycles. The van der Waals surface area contributed by atoms with Crippen LogP contribution in [-0.4, -0.2) is 53.7 Å². The summed E-state index contributed by atoms with van der Waals surface area (Å²) in [5, 5.41) is 12.7. The molecule has 1 N–H and O–H groups in total. The van der Waals surface area contributed by atoms with Crippen LogP contribution < -0.4 is 0 Å². The summed E-state index contributed by atoms with van der Waals surface area (Å²) in [6, 6.07) is 7.04. The van der Waals surface area contributed by atoms with E-state index in [0.717, 1.165) is 25.3 Å².